The first-order chi connectivity index (χ1) is 26.2. The lowest BCUT2D eigenvalue weighted by atomic mass is 9.88. The van der Waals surface area contributed by atoms with Crippen LogP contribution in [0, 0.1) is 12.5 Å². The molecular weight excluding hydrogens is 704 g/mol. The van der Waals surface area contributed by atoms with E-state index in [9.17, 15) is 19.2 Å². The van der Waals surface area contributed by atoms with Crippen LogP contribution in [0.2, 0.25) is 5.02 Å². The van der Waals surface area contributed by atoms with Gasteiger partial charge in [0.05, 0.1) is 17.7 Å². The highest BCUT2D eigenvalue weighted by atomic mass is 35.5. The molecule has 0 aliphatic carbocycles. The van der Waals surface area contributed by atoms with Crippen molar-refractivity contribution in [1.29, 1.82) is 0 Å². The third-order valence-corrected chi connectivity index (χ3v) is 12.3. The first-order valence-corrected chi connectivity index (χ1v) is 19.6. The second kappa shape index (κ2) is 15.4. The average Bonchev–Trinajstić information content (AvgIpc) is 3.44. The van der Waals surface area contributed by atoms with E-state index in [-0.39, 0.29) is 24.9 Å². The summed E-state index contributed by atoms with van der Waals surface area (Å²) >= 11 is 6.27. The molecule has 3 aromatic carbocycles. The molecule has 3 aromatic rings. The van der Waals surface area contributed by atoms with Crippen molar-refractivity contribution in [2.45, 2.75) is 69.4 Å². The molecule has 0 spiro atoms. The molecule has 4 amide bonds. The molecule has 5 heterocycles. The molecule has 0 bridgehead atoms. The number of hydrogen-bond acceptors (Lipinski definition) is 8. The van der Waals surface area contributed by atoms with E-state index < -0.39 is 23.8 Å². The van der Waals surface area contributed by atoms with Crippen LogP contribution in [-0.2, 0) is 9.59 Å². The molecule has 54 heavy (non-hydrogen) atoms. The van der Waals surface area contributed by atoms with E-state index in [0.717, 1.165) is 106 Å². The van der Waals surface area contributed by atoms with Gasteiger partial charge in [0.2, 0.25) is 17.5 Å². The van der Waals surface area contributed by atoms with E-state index in [2.05, 4.69) is 49.1 Å². The number of nitrogens with zero attached hydrogens (tertiary/aromatic N) is 5. The minimum absolute atomic E-state index is 0.106. The molecule has 1 unspecified atom stereocenters. The summed E-state index contributed by atoms with van der Waals surface area (Å²) in [5, 5.41) is 2.76. The van der Waals surface area contributed by atoms with Gasteiger partial charge in [-0.15, -0.1) is 0 Å². The lowest BCUT2D eigenvalue weighted by molar-refractivity contribution is -0.136. The fourth-order valence-electron chi connectivity index (χ4n) is 8.87. The van der Waals surface area contributed by atoms with Crippen molar-refractivity contribution in [2.24, 2.45) is 5.92 Å². The van der Waals surface area contributed by atoms with Crippen LogP contribution in [0.15, 0.2) is 60.7 Å². The van der Waals surface area contributed by atoms with Gasteiger partial charge in [-0.2, -0.15) is 0 Å². The number of fused-ring (bicyclic) bond motifs is 1. The van der Waals surface area contributed by atoms with E-state index in [4.69, 9.17) is 22.9 Å². The smallest absolute Gasteiger partial charge is 0.262 e. The number of ether oxygens (including phenoxy) is 1. The van der Waals surface area contributed by atoms with Gasteiger partial charge in [-0.3, -0.25) is 29.4 Å². The SMILES string of the molecule is [C-]#[N+]c1ccc(N2CCC(Oc3ccc(C4CCN(CC5CCN(c6ccc7c(c6)C(=O)N(C6CCC(=O)NC6=O)C7=O)CC5)CC4)cc3)CC2)cc1Cl. The Morgan fingerprint density at radius 1 is 0.741 bits per heavy atom. The molecule has 5 aliphatic rings. The molecule has 1 N–H and O–H groups in total. The number of nitrogens with one attached hydrogen (secondary N) is 1. The van der Waals surface area contributed by atoms with E-state index in [0.29, 0.717) is 33.7 Å². The maximum absolute atomic E-state index is 13.3. The molecule has 5 aliphatic heterocycles. The normalized spacial score (nSPS) is 22.0. The zero-order valence-corrected chi connectivity index (χ0v) is 31.1. The molecule has 1 atom stereocenters. The van der Waals surface area contributed by atoms with E-state index in [1.807, 2.05) is 18.2 Å². The lowest BCUT2D eigenvalue weighted by Gasteiger charge is -2.38. The Labute approximate surface area is 321 Å². The largest absolute Gasteiger partial charge is 0.490 e. The third-order valence-electron chi connectivity index (χ3n) is 12.0. The van der Waals surface area contributed by atoms with Gasteiger partial charge < -0.3 is 19.4 Å². The number of amides is 4. The Bertz CT molecular complexity index is 1970. The number of carbonyl (C=O) groups excluding carboxylic acids is 4. The molecule has 0 radical (unpaired) electrons. The number of benzene rings is 3. The lowest BCUT2D eigenvalue weighted by Crippen LogP contribution is -2.54. The average molecular weight is 749 g/mol. The Balaban J connectivity index is 0.766. The van der Waals surface area contributed by atoms with Crippen LogP contribution in [0.5, 0.6) is 5.75 Å². The van der Waals surface area contributed by atoms with Crippen LogP contribution in [0.3, 0.4) is 0 Å². The van der Waals surface area contributed by atoms with Crippen LogP contribution >= 0.6 is 11.6 Å². The van der Waals surface area contributed by atoms with E-state index in [1.165, 1.54) is 5.56 Å². The highest BCUT2D eigenvalue weighted by Gasteiger charge is 2.45. The Morgan fingerprint density at radius 2 is 1.39 bits per heavy atom. The first-order valence-electron chi connectivity index (χ1n) is 19.3. The summed E-state index contributed by atoms with van der Waals surface area (Å²) in [6.07, 6.45) is 6.74. The molecule has 280 valence electrons. The van der Waals surface area contributed by atoms with Crippen molar-refractivity contribution in [2.75, 3.05) is 55.6 Å². The van der Waals surface area contributed by atoms with Gasteiger partial charge in [0.25, 0.3) is 11.8 Å². The minimum Gasteiger partial charge on any atom is -0.490 e. The monoisotopic (exact) mass is 748 g/mol. The summed E-state index contributed by atoms with van der Waals surface area (Å²) in [7, 11) is 0. The highest BCUT2D eigenvalue weighted by Crippen LogP contribution is 2.35. The van der Waals surface area contributed by atoms with Crippen LogP contribution in [-0.4, -0.2) is 91.4 Å². The summed E-state index contributed by atoms with van der Waals surface area (Å²) in [5.41, 5.74) is 4.51. The van der Waals surface area contributed by atoms with Crippen molar-refractivity contribution >= 4 is 52.3 Å². The van der Waals surface area contributed by atoms with Gasteiger partial charge in [-0.25, -0.2) is 4.85 Å². The molecule has 0 aromatic heterocycles. The highest BCUT2D eigenvalue weighted by molar-refractivity contribution is 6.33. The zero-order chi connectivity index (χ0) is 37.3. The number of anilines is 2. The van der Waals surface area contributed by atoms with Gasteiger partial charge in [-0.05, 0) is 105 Å². The van der Waals surface area contributed by atoms with E-state index in [1.54, 1.807) is 18.2 Å². The number of carbonyl (C=O) groups is 4. The zero-order valence-electron chi connectivity index (χ0n) is 30.3. The predicted octanol–water partition coefficient (Wildman–Crippen LogP) is 6.44. The minimum atomic E-state index is -0.954. The predicted molar refractivity (Wildman–Crippen MR) is 206 cm³/mol. The van der Waals surface area contributed by atoms with Crippen LogP contribution in [0.1, 0.15) is 83.6 Å². The van der Waals surface area contributed by atoms with Crippen molar-refractivity contribution < 1.29 is 23.9 Å². The third kappa shape index (κ3) is 7.42. The molecule has 12 heteroatoms. The standard InChI is InChI=1S/C42H45ClN6O5/c1-44-37-9-5-31(25-36(37)43)48-22-16-33(17-23-48)54-32-6-2-28(3-7-32)29-14-18-46(19-15-29)26-27-12-20-47(21-13-27)30-4-8-34-35(24-30)42(53)49(41(34)52)38-10-11-39(50)45-40(38)51/h2-9,24-25,27,29,33,38H,10-23,26H2,(H,45,50,51). The number of likely N-dealkylation sites (tertiary alicyclic amines) is 1. The molecule has 11 nitrogen and oxygen atoms in total. The Kier molecular flexibility index (Phi) is 10.3. The second-order valence-electron chi connectivity index (χ2n) is 15.3. The summed E-state index contributed by atoms with van der Waals surface area (Å²) in [6.45, 7) is 14.1. The first kappa shape index (κ1) is 36.1. The second-order valence-corrected chi connectivity index (χ2v) is 15.7. The molecular formula is C42H45ClN6O5. The maximum atomic E-state index is 13.3. The number of hydrogen-bond donors (Lipinski definition) is 1. The number of piperidine rings is 4. The molecule has 4 fully saturated rings. The van der Waals surface area contributed by atoms with Crippen LogP contribution in [0.25, 0.3) is 4.85 Å². The fourth-order valence-corrected chi connectivity index (χ4v) is 9.09. The quantitative estimate of drug-likeness (QED) is 0.208. The Hall–Kier alpha value is -4.92. The van der Waals surface area contributed by atoms with Gasteiger partial charge >= 0.3 is 0 Å². The van der Waals surface area contributed by atoms with Crippen molar-refractivity contribution in [3.8, 4) is 5.75 Å². The van der Waals surface area contributed by atoms with E-state index >= 15 is 0 Å². The number of rotatable bonds is 8. The summed E-state index contributed by atoms with van der Waals surface area (Å²) in [4.78, 5) is 62.2. The molecule has 0 saturated carbocycles. The van der Waals surface area contributed by atoms with Crippen molar-refractivity contribution in [3.05, 3.63) is 93.8 Å². The maximum Gasteiger partial charge on any atom is 0.262 e. The Morgan fingerprint density at radius 3 is 2.06 bits per heavy atom. The van der Waals surface area contributed by atoms with Gasteiger partial charge in [0, 0.05) is 68.4 Å². The molecule has 4 saturated heterocycles. The van der Waals surface area contributed by atoms with Crippen molar-refractivity contribution in [3.63, 3.8) is 0 Å². The van der Waals surface area contributed by atoms with Crippen LogP contribution < -0.4 is 19.9 Å². The van der Waals surface area contributed by atoms with Gasteiger partial charge in [-0.1, -0.05) is 29.8 Å². The number of imide groups is 2. The summed E-state index contributed by atoms with van der Waals surface area (Å²) in [5.74, 6) is 0.197. The van der Waals surface area contributed by atoms with Gasteiger partial charge in [0.1, 0.15) is 17.9 Å². The molecule has 8 rings (SSSR count). The fraction of sp³-hybridized carbons (Fsp3) is 0.452. The summed E-state index contributed by atoms with van der Waals surface area (Å²) in [6, 6.07) is 18.9. The van der Waals surface area contributed by atoms with Gasteiger partial charge in [0.15, 0.2) is 0 Å². The van der Waals surface area contributed by atoms with Crippen molar-refractivity contribution in [1.82, 2.24) is 15.1 Å². The number of halogens is 1. The topological polar surface area (TPSA) is 107 Å². The summed E-state index contributed by atoms with van der Waals surface area (Å²) < 4.78 is 6.38. The van der Waals surface area contributed by atoms with Crippen LogP contribution in [0.4, 0.5) is 17.1 Å².